The van der Waals surface area contributed by atoms with Crippen molar-refractivity contribution in [3.05, 3.63) is 51.3 Å². The van der Waals surface area contributed by atoms with Gasteiger partial charge in [-0.3, -0.25) is 4.68 Å². The first-order valence-electron chi connectivity index (χ1n) is 7.72. The maximum atomic E-state index is 4.84. The summed E-state index contributed by atoms with van der Waals surface area (Å²) >= 11 is 3.48. The van der Waals surface area contributed by atoms with E-state index in [2.05, 4.69) is 71.0 Å². The standard InChI is InChI=1S/C17H24BrN3/c1-4-16-15(11-19-6-3)17(5-2)21(20-16)12-13-7-9-14(18)10-8-13/h7-10,19H,4-6,11-12H2,1-3H3. The van der Waals surface area contributed by atoms with Crippen LogP contribution in [0.25, 0.3) is 0 Å². The van der Waals surface area contributed by atoms with Gasteiger partial charge in [0.25, 0.3) is 0 Å². The van der Waals surface area contributed by atoms with Crippen molar-refractivity contribution in [2.75, 3.05) is 6.54 Å². The van der Waals surface area contributed by atoms with Gasteiger partial charge in [-0.05, 0) is 37.1 Å². The van der Waals surface area contributed by atoms with Crippen molar-refractivity contribution >= 4 is 15.9 Å². The average Bonchev–Trinajstić information content (AvgIpc) is 2.84. The van der Waals surface area contributed by atoms with Crippen LogP contribution in [0.1, 0.15) is 43.3 Å². The summed E-state index contributed by atoms with van der Waals surface area (Å²) in [6.07, 6.45) is 2.01. The summed E-state index contributed by atoms with van der Waals surface area (Å²) in [4.78, 5) is 0. The lowest BCUT2D eigenvalue weighted by Crippen LogP contribution is -2.14. The fourth-order valence-electron chi connectivity index (χ4n) is 2.62. The Morgan fingerprint density at radius 3 is 2.38 bits per heavy atom. The molecule has 21 heavy (non-hydrogen) atoms. The highest BCUT2D eigenvalue weighted by atomic mass is 79.9. The van der Waals surface area contributed by atoms with Gasteiger partial charge in [-0.2, -0.15) is 5.10 Å². The lowest BCUT2D eigenvalue weighted by molar-refractivity contribution is 0.637. The second-order valence-corrected chi connectivity index (χ2v) is 6.06. The van der Waals surface area contributed by atoms with E-state index in [-0.39, 0.29) is 0 Å². The minimum atomic E-state index is 0.843. The number of rotatable bonds is 7. The Morgan fingerprint density at radius 2 is 1.81 bits per heavy atom. The smallest absolute Gasteiger partial charge is 0.0669 e. The first-order chi connectivity index (χ1) is 10.2. The van der Waals surface area contributed by atoms with Gasteiger partial charge in [0, 0.05) is 22.3 Å². The molecule has 1 aromatic carbocycles. The molecular formula is C17H24BrN3. The molecule has 0 bridgehead atoms. The van der Waals surface area contributed by atoms with Gasteiger partial charge < -0.3 is 5.32 Å². The zero-order valence-electron chi connectivity index (χ0n) is 13.1. The molecule has 0 atom stereocenters. The average molecular weight is 350 g/mol. The van der Waals surface area contributed by atoms with E-state index in [4.69, 9.17) is 5.10 Å². The molecule has 0 radical (unpaired) electrons. The molecular weight excluding hydrogens is 326 g/mol. The molecule has 0 aliphatic carbocycles. The van der Waals surface area contributed by atoms with Gasteiger partial charge in [-0.25, -0.2) is 0 Å². The molecule has 0 fully saturated rings. The highest BCUT2D eigenvalue weighted by Gasteiger charge is 2.15. The van der Waals surface area contributed by atoms with Crippen LogP contribution in [0.4, 0.5) is 0 Å². The molecule has 2 rings (SSSR count). The zero-order chi connectivity index (χ0) is 15.2. The van der Waals surface area contributed by atoms with E-state index >= 15 is 0 Å². The zero-order valence-corrected chi connectivity index (χ0v) is 14.7. The highest BCUT2D eigenvalue weighted by Crippen LogP contribution is 2.18. The van der Waals surface area contributed by atoms with E-state index in [0.717, 1.165) is 36.9 Å². The minimum absolute atomic E-state index is 0.843. The van der Waals surface area contributed by atoms with Crippen LogP contribution in [-0.4, -0.2) is 16.3 Å². The lowest BCUT2D eigenvalue weighted by Gasteiger charge is -2.09. The number of aromatic nitrogens is 2. The first-order valence-corrected chi connectivity index (χ1v) is 8.51. The first kappa shape index (κ1) is 16.2. The Balaban J connectivity index is 2.29. The number of benzene rings is 1. The van der Waals surface area contributed by atoms with Crippen molar-refractivity contribution in [1.82, 2.24) is 15.1 Å². The third-order valence-corrected chi connectivity index (χ3v) is 4.25. The predicted molar refractivity (Wildman–Crippen MR) is 91.6 cm³/mol. The van der Waals surface area contributed by atoms with E-state index in [0.29, 0.717) is 0 Å². The van der Waals surface area contributed by atoms with Crippen molar-refractivity contribution in [3.8, 4) is 0 Å². The molecule has 0 saturated heterocycles. The molecule has 0 amide bonds. The molecule has 2 aromatic rings. The second kappa shape index (κ2) is 7.76. The van der Waals surface area contributed by atoms with E-state index < -0.39 is 0 Å². The van der Waals surface area contributed by atoms with E-state index in [1.54, 1.807) is 0 Å². The molecule has 1 N–H and O–H groups in total. The molecule has 0 saturated carbocycles. The second-order valence-electron chi connectivity index (χ2n) is 5.14. The summed E-state index contributed by atoms with van der Waals surface area (Å²) in [6, 6.07) is 8.48. The number of hydrogen-bond acceptors (Lipinski definition) is 2. The summed E-state index contributed by atoms with van der Waals surface area (Å²) in [7, 11) is 0. The van der Waals surface area contributed by atoms with Crippen LogP contribution in [0.3, 0.4) is 0 Å². The third kappa shape index (κ3) is 3.95. The SMILES string of the molecule is CCNCc1c(CC)nn(Cc2ccc(Br)cc2)c1CC. The van der Waals surface area contributed by atoms with Crippen LogP contribution >= 0.6 is 15.9 Å². The quantitative estimate of drug-likeness (QED) is 0.820. The molecule has 0 aliphatic rings. The Bertz CT molecular complexity index is 572. The number of aryl methyl sites for hydroxylation is 1. The van der Waals surface area contributed by atoms with Gasteiger partial charge >= 0.3 is 0 Å². The summed E-state index contributed by atoms with van der Waals surface area (Å²) in [5.74, 6) is 0. The van der Waals surface area contributed by atoms with Crippen molar-refractivity contribution in [2.45, 2.75) is 46.7 Å². The van der Waals surface area contributed by atoms with E-state index in [1.807, 2.05) is 0 Å². The number of nitrogens with zero attached hydrogens (tertiary/aromatic N) is 2. The molecule has 3 nitrogen and oxygen atoms in total. The van der Waals surface area contributed by atoms with E-state index in [1.165, 1.54) is 22.5 Å². The van der Waals surface area contributed by atoms with Gasteiger partial charge in [0.15, 0.2) is 0 Å². The Hall–Kier alpha value is -1.13. The molecule has 0 unspecified atom stereocenters. The largest absolute Gasteiger partial charge is 0.313 e. The fraction of sp³-hybridized carbons (Fsp3) is 0.471. The summed E-state index contributed by atoms with van der Waals surface area (Å²) in [5.41, 5.74) is 5.26. The summed E-state index contributed by atoms with van der Waals surface area (Å²) in [6.45, 7) is 9.29. The molecule has 114 valence electrons. The van der Waals surface area contributed by atoms with Crippen LogP contribution < -0.4 is 5.32 Å². The molecule has 0 spiro atoms. The van der Waals surface area contributed by atoms with Crippen molar-refractivity contribution in [1.29, 1.82) is 0 Å². The maximum Gasteiger partial charge on any atom is 0.0669 e. The lowest BCUT2D eigenvalue weighted by atomic mass is 10.1. The monoisotopic (exact) mass is 349 g/mol. The molecule has 0 aliphatic heterocycles. The Morgan fingerprint density at radius 1 is 1.10 bits per heavy atom. The van der Waals surface area contributed by atoms with Crippen LogP contribution in [-0.2, 0) is 25.9 Å². The van der Waals surface area contributed by atoms with Gasteiger partial charge in [-0.15, -0.1) is 0 Å². The van der Waals surface area contributed by atoms with Gasteiger partial charge in [-0.1, -0.05) is 48.8 Å². The third-order valence-electron chi connectivity index (χ3n) is 3.72. The number of nitrogens with one attached hydrogen (secondary N) is 1. The van der Waals surface area contributed by atoms with Crippen molar-refractivity contribution < 1.29 is 0 Å². The van der Waals surface area contributed by atoms with Crippen molar-refractivity contribution in [2.24, 2.45) is 0 Å². The number of hydrogen-bond donors (Lipinski definition) is 1. The van der Waals surface area contributed by atoms with Crippen LogP contribution in [0.2, 0.25) is 0 Å². The predicted octanol–water partition coefficient (Wildman–Crippen LogP) is 3.93. The van der Waals surface area contributed by atoms with Crippen LogP contribution in [0.15, 0.2) is 28.7 Å². The maximum absolute atomic E-state index is 4.84. The Kier molecular flexibility index (Phi) is 6.00. The highest BCUT2D eigenvalue weighted by molar-refractivity contribution is 9.10. The number of halogens is 1. The van der Waals surface area contributed by atoms with Gasteiger partial charge in [0.05, 0.1) is 12.2 Å². The van der Waals surface area contributed by atoms with Gasteiger partial charge in [0.2, 0.25) is 0 Å². The fourth-order valence-corrected chi connectivity index (χ4v) is 2.88. The van der Waals surface area contributed by atoms with E-state index in [9.17, 15) is 0 Å². The molecule has 1 heterocycles. The van der Waals surface area contributed by atoms with Gasteiger partial charge in [0.1, 0.15) is 0 Å². The topological polar surface area (TPSA) is 29.9 Å². The molecule has 4 heteroatoms. The Labute approximate surface area is 135 Å². The van der Waals surface area contributed by atoms with Crippen molar-refractivity contribution in [3.63, 3.8) is 0 Å². The normalized spacial score (nSPS) is 11.0. The molecule has 1 aromatic heterocycles. The minimum Gasteiger partial charge on any atom is -0.313 e. The summed E-state index contributed by atoms with van der Waals surface area (Å²) in [5, 5.41) is 8.27. The van der Waals surface area contributed by atoms with Crippen LogP contribution in [0.5, 0.6) is 0 Å². The summed E-state index contributed by atoms with van der Waals surface area (Å²) < 4.78 is 3.29. The van der Waals surface area contributed by atoms with Crippen LogP contribution in [0, 0.1) is 0 Å².